The highest BCUT2D eigenvalue weighted by atomic mass is 16.5. The maximum absolute atomic E-state index is 12.1. The first-order valence-corrected chi connectivity index (χ1v) is 9.28. The van der Waals surface area contributed by atoms with Gasteiger partial charge in [0, 0.05) is 24.3 Å². The van der Waals surface area contributed by atoms with Crippen molar-refractivity contribution in [3.8, 4) is 18.1 Å². The third-order valence-corrected chi connectivity index (χ3v) is 3.66. The van der Waals surface area contributed by atoms with Crippen LogP contribution in [-0.2, 0) is 4.79 Å². The van der Waals surface area contributed by atoms with Gasteiger partial charge < -0.3 is 20.7 Å². The summed E-state index contributed by atoms with van der Waals surface area (Å²) in [4.78, 5) is 16.4. The summed E-state index contributed by atoms with van der Waals surface area (Å²) in [5.74, 6) is 3.78. The van der Waals surface area contributed by atoms with Crippen molar-refractivity contribution in [1.82, 2.24) is 10.6 Å². The summed E-state index contributed by atoms with van der Waals surface area (Å²) in [6, 6.07) is 16.8. The second-order valence-electron chi connectivity index (χ2n) is 5.91. The summed E-state index contributed by atoms with van der Waals surface area (Å²) in [5, 5.41) is 9.11. The van der Waals surface area contributed by atoms with Crippen LogP contribution in [0.15, 0.2) is 59.6 Å². The summed E-state index contributed by atoms with van der Waals surface area (Å²) < 4.78 is 5.65. The largest absolute Gasteiger partial charge is 0.494 e. The van der Waals surface area contributed by atoms with Crippen LogP contribution in [0.4, 0.5) is 5.69 Å². The van der Waals surface area contributed by atoms with Crippen molar-refractivity contribution < 1.29 is 9.53 Å². The van der Waals surface area contributed by atoms with Gasteiger partial charge in [-0.05, 0) is 43.7 Å². The van der Waals surface area contributed by atoms with Crippen LogP contribution in [0, 0.1) is 12.3 Å². The van der Waals surface area contributed by atoms with Crippen LogP contribution < -0.4 is 20.7 Å². The fraction of sp³-hybridized carbons (Fsp3) is 0.273. The number of hydrogen-bond acceptors (Lipinski definition) is 3. The van der Waals surface area contributed by atoms with E-state index >= 15 is 0 Å². The van der Waals surface area contributed by atoms with Crippen molar-refractivity contribution in [3.63, 3.8) is 0 Å². The molecular weight excluding hydrogens is 352 g/mol. The fourth-order valence-corrected chi connectivity index (χ4v) is 2.37. The lowest BCUT2D eigenvalue weighted by Crippen LogP contribution is -2.38. The minimum Gasteiger partial charge on any atom is -0.494 e. The van der Waals surface area contributed by atoms with E-state index in [0.717, 1.165) is 12.2 Å². The van der Waals surface area contributed by atoms with Crippen molar-refractivity contribution in [2.75, 3.05) is 31.6 Å². The van der Waals surface area contributed by atoms with Crippen LogP contribution >= 0.6 is 0 Å². The zero-order valence-corrected chi connectivity index (χ0v) is 16.1. The van der Waals surface area contributed by atoms with E-state index in [9.17, 15) is 4.79 Å². The number of benzene rings is 2. The summed E-state index contributed by atoms with van der Waals surface area (Å²) in [6.45, 7) is 3.97. The van der Waals surface area contributed by atoms with Crippen molar-refractivity contribution in [2.45, 2.75) is 13.3 Å². The average Bonchev–Trinajstić information content (AvgIpc) is 2.72. The Morgan fingerprint density at radius 1 is 1.14 bits per heavy atom. The molecule has 0 spiro atoms. The molecule has 0 fully saturated rings. The van der Waals surface area contributed by atoms with Crippen molar-refractivity contribution in [2.24, 2.45) is 4.99 Å². The van der Waals surface area contributed by atoms with Crippen LogP contribution in [-0.4, -0.2) is 38.1 Å². The first kappa shape index (κ1) is 20.8. The van der Waals surface area contributed by atoms with Crippen molar-refractivity contribution in [3.05, 3.63) is 60.2 Å². The number of guanidine groups is 1. The van der Waals surface area contributed by atoms with Gasteiger partial charge in [0.1, 0.15) is 12.3 Å². The molecular formula is C22H26N4O2. The van der Waals surface area contributed by atoms with E-state index in [4.69, 9.17) is 11.2 Å². The van der Waals surface area contributed by atoms with E-state index < -0.39 is 0 Å². The minimum absolute atomic E-state index is 0.0100. The lowest BCUT2D eigenvalue weighted by Gasteiger charge is -2.12. The predicted molar refractivity (Wildman–Crippen MR) is 114 cm³/mol. The van der Waals surface area contributed by atoms with Crippen molar-refractivity contribution >= 4 is 17.6 Å². The molecule has 2 aromatic carbocycles. The van der Waals surface area contributed by atoms with Gasteiger partial charge in [0.25, 0.3) is 0 Å². The molecule has 0 aliphatic heterocycles. The predicted octanol–water partition coefficient (Wildman–Crippen LogP) is 2.63. The first-order valence-electron chi connectivity index (χ1n) is 9.28. The van der Waals surface area contributed by atoms with Crippen molar-refractivity contribution in [1.29, 1.82) is 0 Å². The van der Waals surface area contributed by atoms with E-state index in [1.807, 2.05) is 43.3 Å². The highest BCUT2D eigenvalue weighted by Crippen LogP contribution is 2.09. The summed E-state index contributed by atoms with van der Waals surface area (Å²) in [5.41, 5.74) is 1.38. The molecule has 0 heterocycles. The standard InChI is InChI=1S/C22H26N4O2/c1-3-18-10-8-11-19(16-18)26-21(27)17-25-22(23-4-2)24-14-9-15-28-20-12-6-5-7-13-20/h1,5-8,10-13,16H,4,9,14-15,17H2,2H3,(H,26,27)(H2,23,24,25). The number of ether oxygens (including phenoxy) is 1. The Morgan fingerprint density at radius 2 is 1.96 bits per heavy atom. The molecule has 2 rings (SSSR count). The Balaban J connectivity index is 1.74. The molecule has 3 N–H and O–H groups in total. The molecule has 0 atom stereocenters. The third-order valence-electron chi connectivity index (χ3n) is 3.66. The number of hydrogen-bond donors (Lipinski definition) is 3. The number of amides is 1. The van der Waals surface area contributed by atoms with E-state index in [0.29, 0.717) is 36.9 Å². The highest BCUT2D eigenvalue weighted by Gasteiger charge is 2.04. The normalized spacial score (nSPS) is 10.6. The number of nitrogens with zero attached hydrogens (tertiary/aromatic N) is 1. The second kappa shape index (κ2) is 12.0. The Bertz CT molecular complexity index is 813. The minimum atomic E-state index is -0.209. The van der Waals surface area contributed by atoms with Gasteiger partial charge in [-0.3, -0.25) is 4.79 Å². The summed E-state index contributed by atoms with van der Waals surface area (Å²) in [7, 11) is 0. The van der Waals surface area contributed by atoms with Crippen LogP contribution in [0.2, 0.25) is 0 Å². The second-order valence-corrected chi connectivity index (χ2v) is 5.91. The summed E-state index contributed by atoms with van der Waals surface area (Å²) in [6.07, 6.45) is 6.18. The molecule has 0 bridgehead atoms. The molecule has 0 saturated heterocycles. The van der Waals surface area contributed by atoms with Gasteiger partial charge in [-0.1, -0.05) is 30.2 Å². The topological polar surface area (TPSA) is 74.8 Å². The molecule has 0 aromatic heterocycles. The van der Waals surface area contributed by atoms with E-state index in [1.54, 1.807) is 18.2 Å². The zero-order chi connectivity index (χ0) is 20.0. The quantitative estimate of drug-likeness (QED) is 0.271. The third kappa shape index (κ3) is 7.83. The first-order chi connectivity index (χ1) is 13.7. The number of para-hydroxylation sites is 1. The lowest BCUT2D eigenvalue weighted by atomic mass is 10.2. The fourth-order valence-electron chi connectivity index (χ4n) is 2.37. The molecule has 1 amide bonds. The molecule has 6 heteroatoms. The van der Waals surface area contributed by atoms with Gasteiger partial charge in [-0.2, -0.15) is 0 Å². The molecule has 0 radical (unpaired) electrons. The maximum atomic E-state index is 12.1. The Morgan fingerprint density at radius 3 is 2.71 bits per heavy atom. The van der Waals surface area contributed by atoms with E-state index in [2.05, 4.69) is 26.9 Å². The monoisotopic (exact) mass is 378 g/mol. The molecule has 28 heavy (non-hydrogen) atoms. The molecule has 0 aliphatic rings. The van der Waals surface area contributed by atoms with E-state index in [1.165, 1.54) is 0 Å². The number of aliphatic imine (C=N–C) groups is 1. The summed E-state index contributed by atoms with van der Waals surface area (Å²) >= 11 is 0. The Labute approximate surface area is 166 Å². The molecule has 146 valence electrons. The Hall–Kier alpha value is -3.46. The zero-order valence-electron chi connectivity index (χ0n) is 16.1. The maximum Gasteiger partial charge on any atom is 0.246 e. The number of anilines is 1. The number of rotatable bonds is 9. The number of nitrogens with one attached hydrogen (secondary N) is 3. The van der Waals surface area contributed by atoms with Gasteiger partial charge in [-0.25, -0.2) is 4.99 Å². The lowest BCUT2D eigenvalue weighted by molar-refractivity contribution is -0.114. The molecule has 2 aromatic rings. The van der Waals surface area contributed by atoms with E-state index in [-0.39, 0.29) is 12.5 Å². The van der Waals surface area contributed by atoms with Crippen LogP contribution in [0.3, 0.4) is 0 Å². The van der Waals surface area contributed by atoms with Gasteiger partial charge in [-0.15, -0.1) is 6.42 Å². The van der Waals surface area contributed by atoms with Crippen LogP contribution in [0.5, 0.6) is 5.75 Å². The molecule has 0 aliphatic carbocycles. The molecule has 0 saturated carbocycles. The smallest absolute Gasteiger partial charge is 0.246 e. The van der Waals surface area contributed by atoms with Gasteiger partial charge in [0.2, 0.25) is 5.91 Å². The number of carbonyl (C=O) groups is 1. The van der Waals surface area contributed by atoms with Gasteiger partial charge >= 0.3 is 0 Å². The van der Waals surface area contributed by atoms with Crippen LogP contribution in [0.1, 0.15) is 18.9 Å². The van der Waals surface area contributed by atoms with Crippen LogP contribution in [0.25, 0.3) is 0 Å². The average molecular weight is 378 g/mol. The van der Waals surface area contributed by atoms with Gasteiger partial charge in [0.05, 0.1) is 6.61 Å². The number of carbonyl (C=O) groups excluding carboxylic acids is 1. The highest BCUT2D eigenvalue weighted by molar-refractivity contribution is 5.94. The molecule has 0 unspecified atom stereocenters. The Kier molecular flexibility index (Phi) is 8.95. The molecule has 6 nitrogen and oxygen atoms in total. The SMILES string of the molecule is C#Cc1cccc(NC(=O)CN=C(NCC)NCCCOc2ccccc2)c1. The number of terminal acetylenes is 1. The van der Waals surface area contributed by atoms with Gasteiger partial charge in [0.15, 0.2) is 5.96 Å².